The molecule has 4 nitrogen and oxygen atoms in total. The van der Waals surface area contributed by atoms with Crippen LogP contribution in [0.5, 0.6) is 0 Å². The molecule has 1 unspecified atom stereocenters. The standard InChI is InChI=1S/C10H12N4S/c1-7-14-9(5-15-7)10(11-2)8-3-12-6-13-4-8/h3-6,10-11H,1-2H3. The van der Waals surface area contributed by atoms with E-state index < -0.39 is 0 Å². The number of nitrogens with one attached hydrogen (secondary N) is 1. The molecule has 0 bridgehead atoms. The van der Waals surface area contributed by atoms with Gasteiger partial charge in [0.15, 0.2) is 0 Å². The monoisotopic (exact) mass is 220 g/mol. The lowest BCUT2D eigenvalue weighted by Crippen LogP contribution is -2.18. The Bertz CT molecular complexity index is 426. The van der Waals surface area contributed by atoms with Crippen molar-refractivity contribution in [3.63, 3.8) is 0 Å². The summed E-state index contributed by atoms with van der Waals surface area (Å²) in [6.45, 7) is 2.00. The SMILES string of the molecule is CNC(c1cncnc1)c1csc(C)n1. The van der Waals surface area contributed by atoms with Gasteiger partial charge in [0.1, 0.15) is 6.33 Å². The van der Waals surface area contributed by atoms with E-state index in [0.717, 1.165) is 16.3 Å². The maximum absolute atomic E-state index is 4.46. The molecule has 78 valence electrons. The Kier molecular flexibility index (Phi) is 3.03. The fourth-order valence-electron chi connectivity index (χ4n) is 1.46. The van der Waals surface area contributed by atoms with Crippen molar-refractivity contribution in [2.75, 3.05) is 7.05 Å². The fourth-order valence-corrected chi connectivity index (χ4v) is 2.10. The Balaban J connectivity index is 2.33. The van der Waals surface area contributed by atoms with Crippen LogP contribution in [0.3, 0.4) is 0 Å². The van der Waals surface area contributed by atoms with Crippen LogP contribution in [0.1, 0.15) is 22.3 Å². The molecular formula is C10H12N4S. The number of rotatable bonds is 3. The van der Waals surface area contributed by atoms with E-state index in [0.29, 0.717) is 0 Å². The van der Waals surface area contributed by atoms with Gasteiger partial charge < -0.3 is 5.32 Å². The molecule has 0 saturated heterocycles. The van der Waals surface area contributed by atoms with Crippen molar-refractivity contribution in [1.29, 1.82) is 0 Å². The molecule has 0 aromatic carbocycles. The molecule has 0 aliphatic carbocycles. The van der Waals surface area contributed by atoms with Crippen LogP contribution in [0, 0.1) is 6.92 Å². The van der Waals surface area contributed by atoms with Gasteiger partial charge in [0, 0.05) is 23.3 Å². The Labute approximate surface area is 92.4 Å². The molecule has 0 fully saturated rings. The van der Waals surface area contributed by atoms with Gasteiger partial charge in [-0.3, -0.25) is 0 Å². The van der Waals surface area contributed by atoms with E-state index in [1.54, 1.807) is 11.3 Å². The smallest absolute Gasteiger partial charge is 0.115 e. The van der Waals surface area contributed by atoms with Crippen LogP contribution in [0.15, 0.2) is 24.1 Å². The summed E-state index contributed by atoms with van der Waals surface area (Å²) in [7, 11) is 1.91. The molecule has 1 atom stereocenters. The highest BCUT2D eigenvalue weighted by atomic mass is 32.1. The maximum Gasteiger partial charge on any atom is 0.115 e. The van der Waals surface area contributed by atoms with E-state index in [4.69, 9.17) is 0 Å². The van der Waals surface area contributed by atoms with Gasteiger partial charge in [-0.15, -0.1) is 11.3 Å². The van der Waals surface area contributed by atoms with Crippen molar-refractivity contribution in [2.45, 2.75) is 13.0 Å². The first-order valence-electron chi connectivity index (χ1n) is 4.65. The van der Waals surface area contributed by atoms with Crippen molar-refractivity contribution in [3.8, 4) is 0 Å². The minimum Gasteiger partial charge on any atom is -0.308 e. The number of hydrogen-bond donors (Lipinski definition) is 1. The van der Waals surface area contributed by atoms with Gasteiger partial charge in [0.25, 0.3) is 0 Å². The normalized spacial score (nSPS) is 12.7. The highest BCUT2D eigenvalue weighted by molar-refractivity contribution is 7.09. The van der Waals surface area contributed by atoms with Crippen molar-refractivity contribution >= 4 is 11.3 Å². The van der Waals surface area contributed by atoms with Crippen molar-refractivity contribution in [3.05, 3.63) is 40.4 Å². The summed E-state index contributed by atoms with van der Waals surface area (Å²) in [4.78, 5) is 12.5. The third-order valence-electron chi connectivity index (χ3n) is 2.14. The van der Waals surface area contributed by atoms with Gasteiger partial charge >= 0.3 is 0 Å². The first kappa shape index (κ1) is 10.2. The Hall–Kier alpha value is -1.33. The molecule has 0 saturated carbocycles. The first-order valence-corrected chi connectivity index (χ1v) is 5.53. The van der Waals surface area contributed by atoms with Crippen molar-refractivity contribution < 1.29 is 0 Å². The second-order valence-electron chi connectivity index (χ2n) is 3.18. The molecule has 2 aromatic rings. The van der Waals surface area contributed by atoms with Crippen LogP contribution in [0.2, 0.25) is 0 Å². The minimum absolute atomic E-state index is 0.0798. The lowest BCUT2D eigenvalue weighted by Gasteiger charge is -2.12. The molecule has 2 aromatic heterocycles. The molecule has 0 amide bonds. The molecule has 0 aliphatic rings. The third-order valence-corrected chi connectivity index (χ3v) is 2.93. The van der Waals surface area contributed by atoms with Crippen LogP contribution in [0.4, 0.5) is 0 Å². The predicted molar refractivity (Wildman–Crippen MR) is 59.8 cm³/mol. The Morgan fingerprint density at radius 1 is 1.33 bits per heavy atom. The second kappa shape index (κ2) is 4.46. The quantitative estimate of drug-likeness (QED) is 0.852. The fraction of sp³-hybridized carbons (Fsp3) is 0.300. The minimum atomic E-state index is 0.0798. The van der Waals surface area contributed by atoms with Gasteiger partial charge in [0.05, 0.1) is 16.7 Å². The summed E-state index contributed by atoms with van der Waals surface area (Å²) in [5, 5.41) is 6.34. The zero-order chi connectivity index (χ0) is 10.7. The molecule has 0 aliphatic heterocycles. The molecule has 1 N–H and O–H groups in total. The lowest BCUT2D eigenvalue weighted by atomic mass is 10.1. The maximum atomic E-state index is 4.46. The van der Waals surface area contributed by atoms with Gasteiger partial charge in [-0.1, -0.05) is 0 Å². The highest BCUT2D eigenvalue weighted by Crippen LogP contribution is 2.21. The molecule has 0 radical (unpaired) electrons. The van der Waals surface area contributed by atoms with Crippen molar-refractivity contribution in [2.24, 2.45) is 0 Å². The van der Waals surface area contributed by atoms with E-state index in [-0.39, 0.29) is 6.04 Å². The van der Waals surface area contributed by atoms with Crippen LogP contribution >= 0.6 is 11.3 Å². The molecule has 2 heterocycles. The Morgan fingerprint density at radius 3 is 2.60 bits per heavy atom. The average molecular weight is 220 g/mol. The van der Waals surface area contributed by atoms with Gasteiger partial charge in [-0.05, 0) is 14.0 Å². The zero-order valence-electron chi connectivity index (χ0n) is 8.64. The van der Waals surface area contributed by atoms with Crippen LogP contribution in [-0.2, 0) is 0 Å². The first-order chi connectivity index (χ1) is 7.31. The number of aromatic nitrogens is 3. The summed E-state index contributed by atoms with van der Waals surface area (Å²) in [5.74, 6) is 0. The summed E-state index contributed by atoms with van der Waals surface area (Å²) in [5.41, 5.74) is 2.06. The largest absolute Gasteiger partial charge is 0.308 e. The zero-order valence-corrected chi connectivity index (χ0v) is 9.45. The summed E-state index contributed by atoms with van der Waals surface area (Å²) >= 11 is 1.65. The second-order valence-corrected chi connectivity index (χ2v) is 4.25. The van der Waals surface area contributed by atoms with Gasteiger partial charge in [0.2, 0.25) is 0 Å². The van der Waals surface area contributed by atoms with Crippen LogP contribution in [0.25, 0.3) is 0 Å². The highest BCUT2D eigenvalue weighted by Gasteiger charge is 2.14. The average Bonchev–Trinajstić information content (AvgIpc) is 2.68. The summed E-state index contributed by atoms with van der Waals surface area (Å²) < 4.78 is 0. The van der Waals surface area contributed by atoms with Crippen molar-refractivity contribution in [1.82, 2.24) is 20.3 Å². The van der Waals surface area contributed by atoms with Gasteiger partial charge in [-0.25, -0.2) is 15.0 Å². The summed E-state index contributed by atoms with van der Waals surface area (Å²) in [6.07, 6.45) is 5.15. The lowest BCUT2D eigenvalue weighted by molar-refractivity contribution is 0.667. The predicted octanol–water partition coefficient (Wildman–Crippen LogP) is 1.55. The molecule has 15 heavy (non-hydrogen) atoms. The number of hydrogen-bond acceptors (Lipinski definition) is 5. The number of aryl methyl sites for hydroxylation is 1. The van der Waals surface area contributed by atoms with Gasteiger partial charge in [-0.2, -0.15) is 0 Å². The van der Waals surface area contributed by atoms with Crippen LogP contribution < -0.4 is 5.32 Å². The molecule has 5 heteroatoms. The van der Waals surface area contributed by atoms with E-state index >= 15 is 0 Å². The molecular weight excluding hydrogens is 208 g/mol. The topological polar surface area (TPSA) is 50.7 Å². The molecule has 2 rings (SSSR count). The number of thiazole rings is 1. The summed E-state index contributed by atoms with van der Waals surface area (Å²) in [6, 6.07) is 0.0798. The number of nitrogens with zero attached hydrogens (tertiary/aromatic N) is 3. The van der Waals surface area contributed by atoms with Crippen LogP contribution in [-0.4, -0.2) is 22.0 Å². The third kappa shape index (κ3) is 2.19. The van der Waals surface area contributed by atoms with E-state index in [1.165, 1.54) is 6.33 Å². The van der Waals surface area contributed by atoms with E-state index in [2.05, 4.69) is 25.6 Å². The Morgan fingerprint density at radius 2 is 2.07 bits per heavy atom. The van der Waals surface area contributed by atoms with E-state index in [9.17, 15) is 0 Å². The van der Waals surface area contributed by atoms with E-state index in [1.807, 2.05) is 26.4 Å². The molecule has 0 spiro atoms.